The highest BCUT2D eigenvalue weighted by Gasteiger charge is 2.13. The van der Waals surface area contributed by atoms with Crippen LogP contribution in [0.4, 0.5) is 0 Å². The summed E-state index contributed by atoms with van der Waals surface area (Å²) in [6.45, 7) is 9.93. The van der Waals surface area contributed by atoms with Crippen LogP contribution in [-0.2, 0) is 6.54 Å². The van der Waals surface area contributed by atoms with E-state index in [9.17, 15) is 0 Å². The van der Waals surface area contributed by atoms with Gasteiger partial charge in [0.25, 0.3) is 0 Å². The van der Waals surface area contributed by atoms with E-state index in [0.29, 0.717) is 5.41 Å². The lowest BCUT2D eigenvalue weighted by molar-refractivity contribution is 0.349. The van der Waals surface area contributed by atoms with Gasteiger partial charge in [0.05, 0.1) is 15.2 Å². The van der Waals surface area contributed by atoms with Gasteiger partial charge in [0, 0.05) is 23.6 Å². The maximum absolute atomic E-state index is 4.56. The molecule has 2 aromatic heterocycles. The average molecular weight is 258 g/mol. The van der Waals surface area contributed by atoms with E-state index in [2.05, 4.69) is 61.6 Å². The number of hydrogen-bond acceptors (Lipinski definition) is 2. The van der Waals surface area contributed by atoms with Gasteiger partial charge in [-0.2, -0.15) is 0 Å². The van der Waals surface area contributed by atoms with Crippen molar-refractivity contribution < 1.29 is 0 Å². The molecule has 0 radical (unpaired) electrons. The van der Waals surface area contributed by atoms with Crippen LogP contribution in [0.25, 0.3) is 21.1 Å². The SMILES string of the molecule is Cc1nc2cc3ccn(CC(C)(C)C)c3cc2s1. The molecule has 2 nitrogen and oxygen atoms in total. The highest BCUT2D eigenvalue weighted by molar-refractivity contribution is 7.18. The fraction of sp³-hybridized carbons (Fsp3) is 0.400. The third kappa shape index (κ3) is 2.03. The van der Waals surface area contributed by atoms with Crippen molar-refractivity contribution in [3.8, 4) is 0 Å². The molecule has 2 heterocycles. The van der Waals surface area contributed by atoms with Gasteiger partial charge in [-0.3, -0.25) is 0 Å². The lowest BCUT2D eigenvalue weighted by atomic mass is 9.97. The van der Waals surface area contributed by atoms with Crippen LogP contribution in [0.5, 0.6) is 0 Å². The summed E-state index contributed by atoms with van der Waals surface area (Å²) in [6, 6.07) is 6.67. The van der Waals surface area contributed by atoms with E-state index in [1.54, 1.807) is 11.3 Å². The Morgan fingerprint density at radius 1 is 1.28 bits per heavy atom. The third-order valence-corrected chi connectivity index (χ3v) is 3.97. The zero-order valence-corrected chi connectivity index (χ0v) is 12.1. The predicted octanol–water partition coefficient (Wildman–Crippen LogP) is 4.61. The monoisotopic (exact) mass is 258 g/mol. The lowest BCUT2D eigenvalue weighted by Gasteiger charge is -2.19. The van der Waals surface area contributed by atoms with Crippen LogP contribution in [-0.4, -0.2) is 9.55 Å². The summed E-state index contributed by atoms with van der Waals surface area (Å²) in [5.74, 6) is 0. The van der Waals surface area contributed by atoms with Gasteiger partial charge in [-0.05, 0) is 30.5 Å². The van der Waals surface area contributed by atoms with Gasteiger partial charge < -0.3 is 4.57 Å². The van der Waals surface area contributed by atoms with Crippen molar-refractivity contribution in [2.75, 3.05) is 0 Å². The first-order chi connectivity index (χ1) is 8.42. The van der Waals surface area contributed by atoms with Crippen molar-refractivity contribution in [1.82, 2.24) is 9.55 Å². The first kappa shape index (κ1) is 11.7. The standard InChI is InChI=1S/C15H18N2S/c1-10-16-12-7-11-5-6-17(9-15(2,3)4)13(11)8-14(12)18-10/h5-8H,9H2,1-4H3. The quantitative estimate of drug-likeness (QED) is 0.623. The van der Waals surface area contributed by atoms with Crippen molar-refractivity contribution >= 4 is 32.5 Å². The van der Waals surface area contributed by atoms with Gasteiger partial charge in [-0.15, -0.1) is 11.3 Å². The molecule has 0 aliphatic carbocycles. The topological polar surface area (TPSA) is 17.8 Å². The number of nitrogens with zero attached hydrogens (tertiary/aromatic N) is 2. The van der Waals surface area contributed by atoms with E-state index < -0.39 is 0 Å². The summed E-state index contributed by atoms with van der Waals surface area (Å²) < 4.78 is 3.64. The molecule has 0 fully saturated rings. The van der Waals surface area contributed by atoms with Crippen molar-refractivity contribution in [3.63, 3.8) is 0 Å². The zero-order chi connectivity index (χ0) is 12.9. The van der Waals surface area contributed by atoms with Crippen molar-refractivity contribution in [1.29, 1.82) is 0 Å². The van der Waals surface area contributed by atoms with Crippen LogP contribution < -0.4 is 0 Å². The molecule has 1 aromatic carbocycles. The minimum absolute atomic E-state index is 0.296. The second kappa shape index (κ2) is 3.82. The van der Waals surface area contributed by atoms with E-state index >= 15 is 0 Å². The summed E-state index contributed by atoms with van der Waals surface area (Å²) in [7, 11) is 0. The minimum atomic E-state index is 0.296. The summed E-state index contributed by atoms with van der Waals surface area (Å²) in [6.07, 6.45) is 2.19. The van der Waals surface area contributed by atoms with E-state index in [0.717, 1.165) is 17.1 Å². The Morgan fingerprint density at radius 3 is 2.78 bits per heavy atom. The summed E-state index contributed by atoms with van der Waals surface area (Å²) in [5.41, 5.74) is 2.74. The number of hydrogen-bond donors (Lipinski definition) is 0. The maximum atomic E-state index is 4.56. The van der Waals surface area contributed by atoms with Gasteiger partial charge in [0.1, 0.15) is 0 Å². The highest BCUT2D eigenvalue weighted by atomic mass is 32.1. The zero-order valence-electron chi connectivity index (χ0n) is 11.3. The van der Waals surface area contributed by atoms with Crippen LogP contribution in [0.1, 0.15) is 25.8 Å². The molecule has 18 heavy (non-hydrogen) atoms. The number of fused-ring (bicyclic) bond motifs is 2. The van der Waals surface area contributed by atoms with Gasteiger partial charge >= 0.3 is 0 Å². The number of rotatable bonds is 1. The molecule has 0 unspecified atom stereocenters. The molecule has 0 atom stereocenters. The summed E-state index contributed by atoms with van der Waals surface area (Å²) >= 11 is 1.77. The number of aryl methyl sites for hydroxylation is 1. The van der Waals surface area contributed by atoms with Gasteiger partial charge in [-0.25, -0.2) is 4.98 Å². The van der Waals surface area contributed by atoms with Crippen LogP contribution in [0.2, 0.25) is 0 Å². The minimum Gasteiger partial charge on any atom is -0.347 e. The highest BCUT2D eigenvalue weighted by Crippen LogP contribution is 2.29. The fourth-order valence-electron chi connectivity index (χ4n) is 2.38. The van der Waals surface area contributed by atoms with Gasteiger partial charge in [0.2, 0.25) is 0 Å². The van der Waals surface area contributed by atoms with E-state index in [-0.39, 0.29) is 0 Å². The van der Waals surface area contributed by atoms with Crippen molar-refractivity contribution in [2.24, 2.45) is 5.41 Å². The molecule has 0 saturated heterocycles. The molecule has 0 aliphatic rings. The van der Waals surface area contributed by atoms with E-state index in [1.165, 1.54) is 15.6 Å². The molecule has 0 bridgehead atoms. The smallest absolute Gasteiger partial charge is 0.0907 e. The molecule has 3 heteroatoms. The Labute approximate surface area is 111 Å². The Balaban J connectivity index is 2.19. The lowest BCUT2D eigenvalue weighted by Crippen LogP contribution is -2.14. The largest absolute Gasteiger partial charge is 0.347 e. The van der Waals surface area contributed by atoms with Gasteiger partial charge in [-0.1, -0.05) is 20.8 Å². The third-order valence-electron chi connectivity index (χ3n) is 3.03. The van der Waals surface area contributed by atoms with Crippen LogP contribution in [0.3, 0.4) is 0 Å². The fourth-order valence-corrected chi connectivity index (χ4v) is 3.22. The molecule has 0 aliphatic heterocycles. The molecule has 94 valence electrons. The molecule has 0 N–H and O–H groups in total. The Morgan fingerprint density at radius 2 is 2.06 bits per heavy atom. The molecule has 0 spiro atoms. The second-order valence-electron chi connectivity index (χ2n) is 6.12. The molecular formula is C15H18N2S. The average Bonchev–Trinajstić information content (AvgIpc) is 2.76. The van der Waals surface area contributed by atoms with Crippen LogP contribution >= 0.6 is 11.3 Å². The van der Waals surface area contributed by atoms with Crippen molar-refractivity contribution in [3.05, 3.63) is 29.4 Å². The Hall–Kier alpha value is -1.35. The molecule has 0 amide bonds. The predicted molar refractivity (Wildman–Crippen MR) is 79.3 cm³/mol. The Bertz CT molecular complexity index is 713. The van der Waals surface area contributed by atoms with E-state index in [1.807, 2.05) is 0 Å². The first-order valence-electron chi connectivity index (χ1n) is 6.28. The van der Waals surface area contributed by atoms with Gasteiger partial charge in [0.15, 0.2) is 0 Å². The molecule has 3 aromatic rings. The maximum Gasteiger partial charge on any atom is 0.0907 e. The molecule has 0 saturated carbocycles. The summed E-state index contributed by atoms with van der Waals surface area (Å²) in [5, 5.41) is 2.43. The Kier molecular flexibility index (Phi) is 2.49. The van der Waals surface area contributed by atoms with Crippen LogP contribution in [0, 0.1) is 12.3 Å². The summed E-state index contributed by atoms with van der Waals surface area (Å²) in [4.78, 5) is 4.56. The van der Waals surface area contributed by atoms with Crippen molar-refractivity contribution in [2.45, 2.75) is 34.2 Å². The number of thiazole rings is 1. The normalized spacial score (nSPS) is 12.7. The second-order valence-corrected chi connectivity index (χ2v) is 7.35. The molecular weight excluding hydrogens is 240 g/mol. The van der Waals surface area contributed by atoms with Crippen LogP contribution in [0.15, 0.2) is 24.4 Å². The molecule has 3 rings (SSSR count). The number of benzene rings is 1. The van der Waals surface area contributed by atoms with E-state index in [4.69, 9.17) is 0 Å². The number of aromatic nitrogens is 2. The first-order valence-corrected chi connectivity index (χ1v) is 7.10.